The molecule has 26 heavy (non-hydrogen) atoms. The Morgan fingerprint density at radius 1 is 1.08 bits per heavy atom. The van der Waals surface area contributed by atoms with Gasteiger partial charge in [-0.05, 0) is 54.8 Å². The molecule has 2 aromatic carbocycles. The van der Waals surface area contributed by atoms with Crippen molar-refractivity contribution in [1.82, 2.24) is 0 Å². The minimum Gasteiger partial charge on any atom is -0.378 e. The lowest BCUT2D eigenvalue weighted by Gasteiger charge is -2.28. The highest BCUT2D eigenvalue weighted by Crippen LogP contribution is 2.17. The normalized spacial score (nSPS) is 14.7. The van der Waals surface area contributed by atoms with Gasteiger partial charge in [-0.15, -0.1) is 24.0 Å². The maximum Gasteiger partial charge on any atom is 0.193 e. The van der Waals surface area contributed by atoms with E-state index in [9.17, 15) is 0 Å². The number of nitrogens with two attached hydrogens (primary N) is 1. The molecule has 1 saturated heterocycles. The van der Waals surface area contributed by atoms with Crippen molar-refractivity contribution in [2.24, 2.45) is 10.7 Å². The van der Waals surface area contributed by atoms with Crippen LogP contribution >= 0.6 is 24.0 Å². The molecule has 0 bridgehead atoms. The lowest BCUT2D eigenvalue weighted by atomic mass is 10.1. The Morgan fingerprint density at radius 2 is 1.69 bits per heavy atom. The van der Waals surface area contributed by atoms with Crippen LogP contribution in [0.5, 0.6) is 0 Å². The number of anilines is 2. The second-order valence-electron chi connectivity index (χ2n) is 6.47. The summed E-state index contributed by atoms with van der Waals surface area (Å²) in [5.41, 5.74) is 11.8. The smallest absolute Gasteiger partial charge is 0.193 e. The van der Waals surface area contributed by atoms with Gasteiger partial charge in [0.15, 0.2) is 5.96 Å². The molecule has 0 radical (unpaired) electrons. The third-order valence-electron chi connectivity index (χ3n) is 4.24. The van der Waals surface area contributed by atoms with E-state index in [2.05, 4.69) is 71.5 Å². The van der Waals surface area contributed by atoms with Gasteiger partial charge in [0.2, 0.25) is 0 Å². The molecule has 0 spiro atoms. The predicted molar refractivity (Wildman–Crippen MR) is 120 cm³/mol. The van der Waals surface area contributed by atoms with Crippen molar-refractivity contribution >= 4 is 41.3 Å². The summed E-state index contributed by atoms with van der Waals surface area (Å²) in [6, 6.07) is 14.8. The van der Waals surface area contributed by atoms with E-state index in [1.54, 1.807) is 0 Å². The molecule has 0 amide bonds. The van der Waals surface area contributed by atoms with E-state index in [1.165, 1.54) is 16.8 Å². The molecule has 0 aromatic heterocycles. The second kappa shape index (κ2) is 9.78. The first-order valence-corrected chi connectivity index (χ1v) is 8.67. The lowest BCUT2D eigenvalue weighted by molar-refractivity contribution is 0.122. The van der Waals surface area contributed by atoms with E-state index in [0.717, 1.165) is 37.6 Å². The van der Waals surface area contributed by atoms with Crippen molar-refractivity contribution in [3.8, 4) is 0 Å². The van der Waals surface area contributed by atoms with Gasteiger partial charge in [-0.3, -0.25) is 0 Å². The first-order chi connectivity index (χ1) is 12.1. The average molecular weight is 466 g/mol. The van der Waals surface area contributed by atoms with Gasteiger partial charge in [-0.25, -0.2) is 4.99 Å². The van der Waals surface area contributed by atoms with Crippen molar-refractivity contribution < 1.29 is 4.74 Å². The molecule has 5 nitrogen and oxygen atoms in total. The van der Waals surface area contributed by atoms with Crippen molar-refractivity contribution in [2.75, 3.05) is 36.5 Å². The maximum atomic E-state index is 6.02. The lowest BCUT2D eigenvalue weighted by Crippen LogP contribution is -2.36. The van der Waals surface area contributed by atoms with E-state index < -0.39 is 0 Å². The molecule has 3 rings (SSSR count). The van der Waals surface area contributed by atoms with Gasteiger partial charge in [0, 0.05) is 24.5 Å². The molecule has 3 N–H and O–H groups in total. The molecule has 6 heteroatoms. The Morgan fingerprint density at radius 3 is 2.31 bits per heavy atom. The van der Waals surface area contributed by atoms with Crippen LogP contribution in [0.3, 0.4) is 0 Å². The molecule has 0 aliphatic carbocycles. The monoisotopic (exact) mass is 466 g/mol. The first kappa shape index (κ1) is 20.5. The van der Waals surface area contributed by atoms with Crippen LogP contribution in [0.4, 0.5) is 11.4 Å². The number of aryl methyl sites for hydroxylation is 2. The molecule has 2 aromatic rings. The summed E-state index contributed by atoms with van der Waals surface area (Å²) in [4.78, 5) is 6.78. The Bertz CT molecular complexity index is 720. The summed E-state index contributed by atoms with van der Waals surface area (Å²) < 4.78 is 5.39. The summed E-state index contributed by atoms with van der Waals surface area (Å²) in [6.07, 6.45) is 0. The number of ether oxygens (including phenoxy) is 1. The van der Waals surface area contributed by atoms with Crippen LogP contribution in [0, 0.1) is 13.8 Å². The number of hydrogen-bond acceptors (Lipinski definition) is 3. The van der Waals surface area contributed by atoms with Crippen molar-refractivity contribution in [3.63, 3.8) is 0 Å². The van der Waals surface area contributed by atoms with Crippen molar-refractivity contribution in [3.05, 3.63) is 59.2 Å². The van der Waals surface area contributed by atoms with Gasteiger partial charge >= 0.3 is 0 Å². The van der Waals surface area contributed by atoms with Crippen LogP contribution in [-0.2, 0) is 11.3 Å². The highest BCUT2D eigenvalue weighted by atomic mass is 127. The molecular formula is C20H27IN4O. The van der Waals surface area contributed by atoms with E-state index in [1.807, 2.05) is 0 Å². The third kappa shape index (κ3) is 5.88. The Labute approximate surface area is 172 Å². The standard InChI is InChI=1S/C20H26N4O.HI/c1-15-11-16(2)13-18(12-15)23-20(21)22-14-17-3-5-19(6-4-17)24-7-9-25-10-8-24;/h3-6,11-13H,7-10,14H2,1-2H3,(H3,21,22,23);1H. The van der Waals surface area contributed by atoms with E-state index in [4.69, 9.17) is 10.5 Å². The first-order valence-electron chi connectivity index (χ1n) is 8.67. The van der Waals surface area contributed by atoms with Gasteiger partial charge in [-0.1, -0.05) is 18.2 Å². The average Bonchev–Trinajstić information content (AvgIpc) is 2.60. The molecule has 1 aliphatic heterocycles. The van der Waals surface area contributed by atoms with Crippen LogP contribution < -0.4 is 16.0 Å². The molecule has 1 heterocycles. The predicted octanol–water partition coefficient (Wildman–Crippen LogP) is 3.68. The molecule has 1 aliphatic rings. The van der Waals surface area contributed by atoms with Crippen LogP contribution in [-0.4, -0.2) is 32.3 Å². The van der Waals surface area contributed by atoms with Gasteiger partial charge in [0.05, 0.1) is 19.8 Å². The number of guanidine groups is 1. The van der Waals surface area contributed by atoms with Crippen molar-refractivity contribution in [1.29, 1.82) is 0 Å². The SMILES string of the molecule is Cc1cc(C)cc(NC(N)=NCc2ccc(N3CCOCC3)cc2)c1.I. The Balaban J connectivity index is 0.00000243. The van der Waals surface area contributed by atoms with Gasteiger partial charge < -0.3 is 20.7 Å². The number of benzene rings is 2. The highest BCUT2D eigenvalue weighted by molar-refractivity contribution is 14.0. The topological polar surface area (TPSA) is 62.9 Å². The molecule has 1 fully saturated rings. The molecule has 0 atom stereocenters. The molecular weight excluding hydrogens is 439 g/mol. The highest BCUT2D eigenvalue weighted by Gasteiger charge is 2.10. The summed E-state index contributed by atoms with van der Waals surface area (Å²) >= 11 is 0. The largest absolute Gasteiger partial charge is 0.378 e. The van der Waals surface area contributed by atoms with Crippen LogP contribution in [0.2, 0.25) is 0 Å². The van der Waals surface area contributed by atoms with Crippen LogP contribution in [0.25, 0.3) is 0 Å². The summed E-state index contributed by atoms with van der Waals surface area (Å²) in [7, 11) is 0. The number of hydrogen-bond donors (Lipinski definition) is 2. The van der Waals surface area contributed by atoms with Gasteiger partial charge in [-0.2, -0.15) is 0 Å². The van der Waals surface area contributed by atoms with Crippen LogP contribution in [0.1, 0.15) is 16.7 Å². The molecule has 0 saturated carbocycles. The Kier molecular flexibility index (Phi) is 7.71. The summed E-state index contributed by atoms with van der Waals surface area (Å²) in [5.74, 6) is 0.433. The van der Waals surface area contributed by atoms with E-state index in [-0.39, 0.29) is 24.0 Å². The number of nitrogens with zero attached hydrogens (tertiary/aromatic N) is 2. The summed E-state index contributed by atoms with van der Waals surface area (Å²) in [5, 5.41) is 3.16. The van der Waals surface area contributed by atoms with E-state index >= 15 is 0 Å². The minimum atomic E-state index is 0. The fraction of sp³-hybridized carbons (Fsp3) is 0.350. The fourth-order valence-corrected chi connectivity index (χ4v) is 3.04. The van der Waals surface area contributed by atoms with E-state index in [0.29, 0.717) is 12.5 Å². The van der Waals surface area contributed by atoms with Crippen LogP contribution in [0.15, 0.2) is 47.5 Å². The summed E-state index contributed by atoms with van der Waals surface area (Å²) in [6.45, 7) is 8.20. The Hall–Kier alpha value is -1.80. The zero-order valence-electron chi connectivity index (χ0n) is 15.4. The maximum absolute atomic E-state index is 6.02. The molecule has 140 valence electrons. The van der Waals surface area contributed by atoms with Gasteiger partial charge in [0.25, 0.3) is 0 Å². The third-order valence-corrected chi connectivity index (χ3v) is 4.24. The molecule has 0 unspecified atom stereocenters. The zero-order chi connectivity index (χ0) is 17.6. The number of rotatable bonds is 4. The van der Waals surface area contributed by atoms with Crippen molar-refractivity contribution in [2.45, 2.75) is 20.4 Å². The van der Waals surface area contributed by atoms with Gasteiger partial charge in [0.1, 0.15) is 0 Å². The zero-order valence-corrected chi connectivity index (χ0v) is 17.7. The minimum absolute atomic E-state index is 0. The second-order valence-corrected chi connectivity index (χ2v) is 6.47. The number of nitrogens with one attached hydrogen (secondary N) is 1. The number of aliphatic imine (C=N–C) groups is 1. The quantitative estimate of drug-likeness (QED) is 0.410. The fourth-order valence-electron chi connectivity index (χ4n) is 3.04. The number of halogens is 1. The number of morpholine rings is 1.